The van der Waals surface area contributed by atoms with Gasteiger partial charge in [-0.3, -0.25) is 4.79 Å². The first-order chi connectivity index (χ1) is 8.74. The molecule has 0 atom stereocenters. The summed E-state index contributed by atoms with van der Waals surface area (Å²) in [4.78, 5) is 11.8. The number of amides is 1. The van der Waals surface area contributed by atoms with E-state index in [0.717, 1.165) is 29.4 Å². The second kappa shape index (κ2) is 4.46. The van der Waals surface area contributed by atoms with Crippen molar-refractivity contribution in [3.05, 3.63) is 36.1 Å². The zero-order valence-electron chi connectivity index (χ0n) is 10.1. The van der Waals surface area contributed by atoms with Crippen molar-refractivity contribution in [2.24, 2.45) is 11.7 Å². The van der Waals surface area contributed by atoms with Crippen molar-refractivity contribution in [3.8, 4) is 0 Å². The van der Waals surface area contributed by atoms with Crippen molar-refractivity contribution >= 4 is 16.9 Å². The molecule has 1 heterocycles. The third-order valence-electron chi connectivity index (χ3n) is 3.56. The number of carbonyl (C=O) groups excluding carboxylic acids is 1. The lowest BCUT2D eigenvalue weighted by Gasteiger charge is -2.30. The van der Waals surface area contributed by atoms with Crippen molar-refractivity contribution in [1.29, 1.82) is 0 Å². The van der Waals surface area contributed by atoms with Crippen LogP contribution in [0.25, 0.3) is 11.0 Å². The van der Waals surface area contributed by atoms with Gasteiger partial charge in [0.15, 0.2) is 0 Å². The lowest BCUT2D eigenvalue weighted by Crippen LogP contribution is -2.44. The lowest BCUT2D eigenvalue weighted by molar-refractivity contribution is -0.128. The van der Waals surface area contributed by atoms with E-state index in [1.165, 1.54) is 0 Å². The van der Waals surface area contributed by atoms with Gasteiger partial charge >= 0.3 is 0 Å². The molecule has 1 aliphatic rings. The first-order valence-electron chi connectivity index (χ1n) is 6.22. The Morgan fingerprint density at radius 3 is 2.94 bits per heavy atom. The second-order valence-electron chi connectivity index (χ2n) is 4.90. The van der Waals surface area contributed by atoms with Gasteiger partial charge in [0.05, 0.1) is 6.26 Å². The molecule has 18 heavy (non-hydrogen) atoms. The van der Waals surface area contributed by atoms with Crippen LogP contribution in [0.4, 0.5) is 0 Å². The van der Waals surface area contributed by atoms with Crippen LogP contribution in [0.15, 0.2) is 34.9 Å². The van der Waals surface area contributed by atoms with E-state index < -0.39 is 0 Å². The van der Waals surface area contributed by atoms with Gasteiger partial charge in [-0.1, -0.05) is 18.2 Å². The van der Waals surface area contributed by atoms with Gasteiger partial charge in [0.25, 0.3) is 0 Å². The molecular weight excluding hydrogens is 228 g/mol. The molecule has 1 saturated carbocycles. The maximum atomic E-state index is 11.8. The predicted molar refractivity (Wildman–Crippen MR) is 68.8 cm³/mol. The first kappa shape index (κ1) is 11.3. The fraction of sp³-hybridized carbons (Fsp3) is 0.357. The van der Waals surface area contributed by atoms with Crippen molar-refractivity contribution in [3.63, 3.8) is 0 Å². The molecule has 1 fully saturated rings. The number of nitrogens with one attached hydrogen (secondary N) is 1. The van der Waals surface area contributed by atoms with Crippen molar-refractivity contribution in [1.82, 2.24) is 5.32 Å². The Labute approximate surface area is 105 Å². The molecule has 1 aliphatic carbocycles. The van der Waals surface area contributed by atoms with E-state index in [0.29, 0.717) is 6.54 Å². The SMILES string of the molecule is NC1CC(C(=O)NCc2coc3ccccc23)C1. The number of furan rings is 1. The lowest BCUT2D eigenvalue weighted by atomic mass is 9.80. The quantitative estimate of drug-likeness (QED) is 0.864. The normalized spacial score (nSPS) is 22.7. The number of benzene rings is 1. The molecule has 0 aliphatic heterocycles. The Morgan fingerprint density at radius 1 is 1.39 bits per heavy atom. The highest BCUT2D eigenvalue weighted by atomic mass is 16.3. The molecule has 1 aromatic heterocycles. The molecule has 1 amide bonds. The molecular formula is C14H16N2O2. The number of hydrogen-bond acceptors (Lipinski definition) is 3. The summed E-state index contributed by atoms with van der Waals surface area (Å²) in [6.07, 6.45) is 3.31. The molecule has 0 spiro atoms. The Bertz CT molecular complexity index is 570. The Hall–Kier alpha value is -1.81. The summed E-state index contributed by atoms with van der Waals surface area (Å²) in [6.45, 7) is 0.515. The molecule has 0 bridgehead atoms. The third kappa shape index (κ3) is 1.99. The fourth-order valence-electron chi connectivity index (χ4n) is 2.37. The molecule has 0 radical (unpaired) electrons. The van der Waals surface area contributed by atoms with Crippen molar-refractivity contribution in [2.75, 3.05) is 0 Å². The van der Waals surface area contributed by atoms with E-state index in [-0.39, 0.29) is 17.9 Å². The summed E-state index contributed by atoms with van der Waals surface area (Å²) < 4.78 is 5.43. The summed E-state index contributed by atoms with van der Waals surface area (Å²) >= 11 is 0. The van der Waals surface area contributed by atoms with Crippen LogP contribution < -0.4 is 11.1 Å². The average Bonchev–Trinajstić information content (AvgIpc) is 2.75. The topological polar surface area (TPSA) is 68.3 Å². The number of nitrogens with two attached hydrogens (primary N) is 1. The average molecular weight is 244 g/mol. The summed E-state index contributed by atoms with van der Waals surface area (Å²) in [5.74, 6) is 0.195. The number of rotatable bonds is 3. The zero-order chi connectivity index (χ0) is 12.5. The standard InChI is InChI=1S/C14H16N2O2/c15-11-5-9(6-11)14(17)16-7-10-8-18-13-4-2-1-3-12(10)13/h1-4,8-9,11H,5-7,15H2,(H,16,17). The van der Waals surface area contributed by atoms with Crippen molar-refractivity contribution in [2.45, 2.75) is 25.4 Å². The van der Waals surface area contributed by atoms with Gasteiger partial charge in [-0.25, -0.2) is 0 Å². The van der Waals surface area contributed by atoms with E-state index >= 15 is 0 Å². The summed E-state index contributed by atoms with van der Waals surface area (Å²) in [5, 5.41) is 4.00. The monoisotopic (exact) mass is 244 g/mol. The van der Waals surface area contributed by atoms with Gasteiger partial charge in [0.2, 0.25) is 5.91 Å². The molecule has 3 N–H and O–H groups in total. The van der Waals surface area contributed by atoms with Crippen LogP contribution in [0.3, 0.4) is 0 Å². The van der Waals surface area contributed by atoms with E-state index in [1.54, 1.807) is 6.26 Å². The van der Waals surface area contributed by atoms with Gasteiger partial charge in [0.1, 0.15) is 5.58 Å². The molecule has 0 saturated heterocycles. The van der Waals surface area contributed by atoms with Crippen molar-refractivity contribution < 1.29 is 9.21 Å². The molecule has 94 valence electrons. The minimum atomic E-state index is 0.0955. The van der Waals surface area contributed by atoms with Crippen LogP contribution in [-0.2, 0) is 11.3 Å². The number of fused-ring (bicyclic) bond motifs is 1. The van der Waals surface area contributed by atoms with E-state index in [4.69, 9.17) is 10.2 Å². The number of para-hydroxylation sites is 1. The molecule has 4 heteroatoms. The minimum absolute atomic E-state index is 0.0955. The van der Waals surface area contributed by atoms with Gasteiger partial charge < -0.3 is 15.5 Å². The number of hydrogen-bond donors (Lipinski definition) is 2. The highest BCUT2D eigenvalue weighted by Crippen LogP contribution is 2.26. The van der Waals surface area contributed by atoms with Crippen LogP contribution >= 0.6 is 0 Å². The van der Waals surface area contributed by atoms with E-state index in [9.17, 15) is 4.79 Å². The largest absolute Gasteiger partial charge is 0.464 e. The molecule has 1 aromatic carbocycles. The van der Waals surface area contributed by atoms with E-state index in [2.05, 4.69) is 5.32 Å². The van der Waals surface area contributed by atoms with Crippen LogP contribution in [0.2, 0.25) is 0 Å². The highest BCUT2D eigenvalue weighted by molar-refractivity contribution is 5.83. The smallest absolute Gasteiger partial charge is 0.223 e. The van der Waals surface area contributed by atoms with Crippen LogP contribution in [0.1, 0.15) is 18.4 Å². The number of carbonyl (C=O) groups is 1. The summed E-state index contributed by atoms with van der Waals surface area (Å²) in [6, 6.07) is 8.03. The van der Waals surface area contributed by atoms with Gasteiger partial charge in [0, 0.05) is 29.5 Å². The zero-order valence-corrected chi connectivity index (χ0v) is 10.1. The van der Waals surface area contributed by atoms with Crippen LogP contribution in [0.5, 0.6) is 0 Å². The molecule has 3 rings (SSSR count). The minimum Gasteiger partial charge on any atom is -0.464 e. The van der Waals surface area contributed by atoms with E-state index in [1.807, 2.05) is 24.3 Å². The fourth-order valence-corrected chi connectivity index (χ4v) is 2.37. The third-order valence-corrected chi connectivity index (χ3v) is 3.56. The molecule has 4 nitrogen and oxygen atoms in total. The predicted octanol–water partition coefficient (Wildman–Crippen LogP) is 1.79. The summed E-state index contributed by atoms with van der Waals surface area (Å²) in [7, 11) is 0. The second-order valence-corrected chi connectivity index (χ2v) is 4.90. The van der Waals surface area contributed by atoms with Crippen LogP contribution in [-0.4, -0.2) is 11.9 Å². The molecule has 2 aromatic rings. The Morgan fingerprint density at radius 2 is 2.17 bits per heavy atom. The highest BCUT2D eigenvalue weighted by Gasteiger charge is 2.31. The summed E-state index contributed by atoms with van der Waals surface area (Å²) in [5.41, 5.74) is 7.55. The van der Waals surface area contributed by atoms with Crippen LogP contribution in [0, 0.1) is 5.92 Å². The Kier molecular flexibility index (Phi) is 2.80. The molecule has 0 unspecified atom stereocenters. The Balaban J connectivity index is 1.64. The first-order valence-corrected chi connectivity index (χ1v) is 6.22. The maximum absolute atomic E-state index is 11.8. The van der Waals surface area contributed by atoms with Gasteiger partial charge in [-0.05, 0) is 18.9 Å². The van der Waals surface area contributed by atoms with Gasteiger partial charge in [-0.15, -0.1) is 0 Å². The van der Waals surface area contributed by atoms with Gasteiger partial charge in [-0.2, -0.15) is 0 Å². The maximum Gasteiger partial charge on any atom is 0.223 e.